The van der Waals surface area contributed by atoms with Crippen molar-refractivity contribution in [3.63, 3.8) is 0 Å². The molecule has 0 aliphatic rings. The van der Waals surface area contributed by atoms with E-state index in [1.165, 1.54) is 34.1 Å². The van der Waals surface area contributed by atoms with E-state index in [1.807, 2.05) is 13.0 Å². The number of nitrogens with one attached hydrogen (secondary N) is 1. The predicted octanol–water partition coefficient (Wildman–Crippen LogP) is 0.999. The van der Waals surface area contributed by atoms with Crippen LogP contribution < -0.4 is 39.3 Å². The summed E-state index contributed by atoms with van der Waals surface area (Å²) in [4.78, 5) is 11.5. The number of nitrogens with zero attached hydrogens (tertiary/aromatic N) is 1. The van der Waals surface area contributed by atoms with Gasteiger partial charge in [-0.25, -0.2) is 12.8 Å². The van der Waals surface area contributed by atoms with Gasteiger partial charge in [0, 0.05) is 0 Å². The summed E-state index contributed by atoms with van der Waals surface area (Å²) in [6.07, 6.45) is -0.106. The number of hydrogen-bond donors (Lipinski definition) is 1. The Morgan fingerprint density at radius 1 is 0.969 bits per heavy atom. The molecule has 1 N–H and O–H groups in total. The Morgan fingerprint density at radius 3 is 2.16 bits per heavy atom. The molecule has 6 nitrogen and oxygen atoms in total. The maximum Gasteiger partial charge on any atom is 1.00 e. The van der Waals surface area contributed by atoms with E-state index in [1.54, 1.807) is 43.3 Å². The van der Waals surface area contributed by atoms with E-state index in [4.69, 9.17) is 0 Å². The van der Waals surface area contributed by atoms with Crippen LogP contribution in [0.1, 0.15) is 22.3 Å². The third kappa shape index (κ3) is 6.17. The second-order valence-corrected chi connectivity index (χ2v) is 9.11. The smallest absolute Gasteiger partial charge is 0.759 e. The number of anilines is 1. The number of hydrogen-bond acceptors (Lipinski definition) is 4. The van der Waals surface area contributed by atoms with Gasteiger partial charge in [0.2, 0.25) is 5.91 Å². The van der Waals surface area contributed by atoms with Crippen molar-refractivity contribution < 1.29 is 47.2 Å². The summed E-state index contributed by atoms with van der Waals surface area (Å²) in [6, 6.07) is 17.2. The summed E-state index contributed by atoms with van der Waals surface area (Å²) in [5, 5.41) is 10.5. The first-order valence-corrected chi connectivity index (χ1v) is 11.0. The van der Waals surface area contributed by atoms with E-state index in [9.17, 15) is 22.8 Å². The molecule has 3 aromatic carbocycles. The van der Waals surface area contributed by atoms with Gasteiger partial charge in [-0.3, -0.25) is 9.10 Å². The molecule has 0 saturated carbocycles. The van der Waals surface area contributed by atoms with Crippen LogP contribution in [-0.4, -0.2) is 14.3 Å². The molecule has 0 aliphatic carbocycles. The molecule has 9 heteroatoms. The van der Waals surface area contributed by atoms with Crippen LogP contribution in [0.4, 0.5) is 10.1 Å². The van der Waals surface area contributed by atoms with Crippen molar-refractivity contribution in [1.82, 2.24) is 5.48 Å². The van der Waals surface area contributed by atoms with Crippen molar-refractivity contribution >= 4 is 21.6 Å². The second kappa shape index (κ2) is 11.1. The Bertz CT molecular complexity index is 1180. The Labute approximate surface area is 209 Å². The van der Waals surface area contributed by atoms with Gasteiger partial charge in [0.05, 0.1) is 23.5 Å². The van der Waals surface area contributed by atoms with Crippen LogP contribution in [0.15, 0.2) is 71.6 Å². The average molecular weight is 464 g/mol. The Morgan fingerprint density at radius 2 is 1.56 bits per heavy atom. The van der Waals surface area contributed by atoms with E-state index in [-0.39, 0.29) is 47.4 Å². The molecule has 0 unspecified atom stereocenters. The van der Waals surface area contributed by atoms with Crippen molar-refractivity contribution in [2.45, 2.75) is 31.7 Å². The molecule has 1 amide bonds. The number of sulfonamides is 1. The van der Waals surface area contributed by atoms with Gasteiger partial charge >= 0.3 is 29.6 Å². The topological polar surface area (TPSA) is 89.5 Å². The van der Waals surface area contributed by atoms with Crippen LogP contribution in [0.5, 0.6) is 0 Å². The Kier molecular flexibility index (Phi) is 9.00. The van der Waals surface area contributed by atoms with E-state index < -0.39 is 21.7 Å². The Hall–Kier alpha value is -2.23. The molecule has 0 atom stereocenters. The molecule has 3 rings (SSSR count). The largest absolute Gasteiger partial charge is 1.00 e. The molecule has 0 bridgehead atoms. The first-order chi connectivity index (χ1) is 14.7. The second-order valence-electron chi connectivity index (χ2n) is 7.28. The molecular weight excluding hydrogens is 442 g/mol. The summed E-state index contributed by atoms with van der Waals surface area (Å²) in [5.41, 5.74) is 4.31. The van der Waals surface area contributed by atoms with Crippen molar-refractivity contribution in [2.75, 3.05) is 4.31 Å². The van der Waals surface area contributed by atoms with E-state index in [0.29, 0.717) is 22.4 Å². The molecule has 0 aliphatic heterocycles. The van der Waals surface area contributed by atoms with E-state index in [0.717, 1.165) is 5.56 Å². The monoisotopic (exact) mass is 464 g/mol. The minimum atomic E-state index is -3.95. The van der Waals surface area contributed by atoms with E-state index in [2.05, 4.69) is 0 Å². The average Bonchev–Trinajstić information content (AvgIpc) is 2.75. The molecule has 3 aromatic rings. The molecular formula is C23H22FN2NaO4S. The van der Waals surface area contributed by atoms with E-state index >= 15 is 0 Å². The zero-order chi connectivity index (χ0) is 22.6. The van der Waals surface area contributed by atoms with Crippen LogP contribution in [0.3, 0.4) is 0 Å². The van der Waals surface area contributed by atoms with Crippen LogP contribution in [0.2, 0.25) is 0 Å². The molecule has 0 radical (unpaired) electrons. The summed E-state index contributed by atoms with van der Waals surface area (Å²) in [6.45, 7) is 3.54. The number of carbonyl (C=O) groups is 1. The molecule has 0 saturated heterocycles. The maximum atomic E-state index is 13.6. The van der Waals surface area contributed by atoms with Gasteiger partial charge in [0.15, 0.2) is 0 Å². The molecule has 32 heavy (non-hydrogen) atoms. The fourth-order valence-electron chi connectivity index (χ4n) is 3.18. The minimum Gasteiger partial charge on any atom is -0.759 e. The first-order valence-electron chi connectivity index (χ1n) is 9.55. The zero-order valence-corrected chi connectivity index (χ0v) is 20.9. The number of hydroxylamine groups is 1. The van der Waals surface area contributed by atoms with Gasteiger partial charge < -0.3 is 10.7 Å². The summed E-state index contributed by atoms with van der Waals surface area (Å²) < 4.78 is 41.8. The minimum absolute atomic E-state index is 0. The number of halogens is 1. The van der Waals surface area contributed by atoms with Gasteiger partial charge in [-0.1, -0.05) is 36.4 Å². The number of aryl methyl sites for hydroxylation is 2. The van der Waals surface area contributed by atoms with Crippen molar-refractivity contribution in [2.24, 2.45) is 0 Å². The third-order valence-corrected chi connectivity index (χ3v) is 6.77. The van der Waals surface area contributed by atoms with Gasteiger partial charge in [-0.05, 0) is 66.4 Å². The fourth-order valence-corrected chi connectivity index (χ4v) is 4.94. The van der Waals surface area contributed by atoms with Crippen LogP contribution >= 0.6 is 0 Å². The van der Waals surface area contributed by atoms with Gasteiger partial charge in [-0.2, -0.15) is 0 Å². The quantitative estimate of drug-likeness (QED) is 0.417. The number of amides is 1. The molecule has 0 fully saturated rings. The summed E-state index contributed by atoms with van der Waals surface area (Å²) in [5.74, 6) is -1.09. The maximum absolute atomic E-state index is 13.6. The number of carbonyl (C=O) groups excluding carboxylic acids is 1. The van der Waals surface area contributed by atoms with Crippen molar-refractivity contribution in [1.29, 1.82) is 0 Å². The Balaban J connectivity index is 0.00000363. The van der Waals surface area contributed by atoms with Crippen LogP contribution in [-0.2, 0) is 27.8 Å². The zero-order valence-electron chi connectivity index (χ0n) is 18.1. The standard InChI is InChI=1S/C23H22FN2O4S.Na/c1-16-3-4-17(2)22(13-16)31(29,30)26(15-19-5-9-20(24)10-6-19)21-11-7-18(8-12-21)14-23(27)25-28;/h3-13H,14-15H2,1-2H3,(H-,25,27,28);/q-1;+1. The van der Waals surface area contributed by atoms with Crippen LogP contribution in [0, 0.1) is 24.9 Å². The van der Waals surface area contributed by atoms with Crippen molar-refractivity contribution in [3.8, 4) is 0 Å². The number of benzene rings is 3. The third-order valence-electron chi connectivity index (χ3n) is 4.85. The predicted molar refractivity (Wildman–Crippen MR) is 117 cm³/mol. The molecule has 0 spiro atoms. The van der Waals surface area contributed by atoms with Gasteiger partial charge in [0.25, 0.3) is 10.0 Å². The normalized spacial score (nSPS) is 10.9. The first kappa shape index (κ1) is 26.0. The molecule has 162 valence electrons. The van der Waals surface area contributed by atoms with Crippen molar-refractivity contribution in [3.05, 3.63) is 100 Å². The molecule has 0 heterocycles. The van der Waals surface area contributed by atoms with Crippen LogP contribution in [0.25, 0.3) is 0 Å². The van der Waals surface area contributed by atoms with Gasteiger partial charge in [-0.15, -0.1) is 0 Å². The van der Waals surface area contributed by atoms with Gasteiger partial charge in [0.1, 0.15) is 5.82 Å². The SMILES string of the molecule is Cc1ccc(C)c(S(=O)(=O)N(Cc2ccc(F)cc2)c2ccc(CC(=O)N[O-])cc2)c1.[Na+]. The molecule has 0 aromatic heterocycles. The number of rotatable bonds is 7. The fraction of sp³-hybridized carbons (Fsp3) is 0.174. The summed E-state index contributed by atoms with van der Waals surface area (Å²) >= 11 is 0. The summed E-state index contributed by atoms with van der Waals surface area (Å²) in [7, 11) is -3.95.